The van der Waals surface area contributed by atoms with Crippen LogP contribution in [-0.2, 0) is 4.74 Å². The van der Waals surface area contributed by atoms with Gasteiger partial charge < -0.3 is 4.74 Å². The van der Waals surface area contributed by atoms with E-state index < -0.39 is 0 Å². The molecule has 0 bridgehead atoms. The van der Waals surface area contributed by atoms with Crippen LogP contribution < -0.4 is 0 Å². The predicted molar refractivity (Wildman–Crippen MR) is 63.9 cm³/mol. The van der Waals surface area contributed by atoms with E-state index in [1.54, 1.807) is 0 Å². The molecule has 0 aromatic carbocycles. The lowest BCUT2D eigenvalue weighted by atomic mass is 9.89. The van der Waals surface area contributed by atoms with Gasteiger partial charge in [-0.25, -0.2) is 0 Å². The minimum absolute atomic E-state index is 0.726. The fourth-order valence-electron chi connectivity index (χ4n) is 2.77. The van der Waals surface area contributed by atoms with E-state index >= 15 is 0 Å². The molecule has 1 aliphatic carbocycles. The summed E-state index contributed by atoms with van der Waals surface area (Å²) >= 11 is 0. The molecule has 1 nitrogen and oxygen atoms in total. The molecule has 1 aliphatic heterocycles. The van der Waals surface area contributed by atoms with Crippen LogP contribution in [0.15, 0.2) is 12.2 Å². The normalized spacial score (nSPS) is 34.1. The summed E-state index contributed by atoms with van der Waals surface area (Å²) in [6.45, 7) is 1.98. The van der Waals surface area contributed by atoms with E-state index in [-0.39, 0.29) is 0 Å². The molecule has 0 aromatic heterocycles. The maximum absolute atomic E-state index is 5.60. The second-order valence-corrected chi connectivity index (χ2v) is 5.09. The first kappa shape index (κ1) is 11.2. The Hall–Kier alpha value is -0.300. The summed E-state index contributed by atoms with van der Waals surface area (Å²) in [6.07, 6.45) is 16.0. The van der Waals surface area contributed by atoms with Crippen molar-refractivity contribution in [2.24, 2.45) is 11.8 Å². The molecule has 0 spiro atoms. The third kappa shape index (κ3) is 3.64. The molecule has 2 rings (SSSR count). The maximum Gasteiger partial charge on any atom is 0.0532 e. The van der Waals surface area contributed by atoms with Crippen molar-refractivity contribution in [3.8, 4) is 0 Å². The van der Waals surface area contributed by atoms with E-state index in [1.165, 1.54) is 51.4 Å². The van der Waals surface area contributed by atoms with Gasteiger partial charge in [-0.2, -0.15) is 0 Å². The highest BCUT2D eigenvalue weighted by Gasteiger charge is 2.25. The topological polar surface area (TPSA) is 9.23 Å². The van der Waals surface area contributed by atoms with Gasteiger partial charge in [0.15, 0.2) is 0 Å². The second kappa shape index (κ2) is 6.32. The Morgan fingerprint density at radius 3 is 2.60 bits per heavy atom. The second-order valence-electron chi connectivity index (χ2n) is 5.09. The third-order valence-corrected chi connectivity index (χ3v) is 3.83. The molecule has 2 aliphatic rings. The molecular formula is C14H24O. The first-order valence-electron chi connectivity index (χ1n) is 6.71. The van der Waals surface area contributed by atoms with Gasteiger partial charge >= 0.3 is 0 Å². The van der Waals surface area contributed by atoms with Crippen LogP contribution in [0, 0.1) is 11.8 Å². The van der Waals surface area contributed by atoms with E-state index in [0.717, 1.165) is 25.0 Å². The highest BCUT2D eigenvalue weighted by Crippen LogP contribution is 2.28. The first-order chi connectivity index (χ1) is 7.47. The average molecular weight is 208 g/mol. The molecule has 15 heavy (non-hydrogen) atoms. The van der Waals surface area contributed by atoms with E-state index in [4.69, 9.17) is 4.74 Å². The molecule has 2 atom stereocenters. The average Bonchev–Trinajstić information content (AvgIpc) is 2.65. The summed E-state index contributed by atoms with van der Waals surface area (Å²) in [5.41, 5.74) is 0. The van der Waals surface area contributed by atoms with Crippen LogP contribution in [0.5, 0.6) is 0 Å². The smallest absolute Gasteiger partial charge is 0.0532 e. The van der Waals surface area contributed by atoms with Gasteiger partial charge in [0.05, 0.1) is 13.2 Å². The zero-order valence-electron chi connectivity index (χ0n) is 9.79. The molecule has 1 saturated heterocycles. The van der Waals surface area contributed by atoms with Crippen LogP contribution in [0.1, 0.15) is 51.4 Å². The van der Waals surface area contributed by atoms with Crippen molar-refractivity contribution in [3.05, 3.63) is 12.2 Å². The molecule has 0 saturated carbocycles. The monoisotopic (exact) mass is 208 g/mol. The van der Waals surface area contributed by atoms with E-state index in [2.05, 4.69) is 12.2 Å². The molecule has 0 amide bonds. The van der Waals surface area contributed by atoms with Gasteiger partial charge in [-0.3, -0.25) is 0 Å². The number of rotatable bonds is 0. The van der Waals surface area contributed by atoms with Gasteiger partial charge in [-0.1, -0.05) is 44.3 Å². The molecular weight excluding hydrogens is 184 g/mol. The lowest BCUT2D eigenvalue weighted by Gasteiger charge is -2.14. The highest BCUT2D eigenvalue weighted by atomic mass is 16.5. The summed E-state index contributed by atoms with van der Waals surface area (Å²) in [6, 6.07) is 0. The van der Waals surface area contributed by atoms with Gasteiger partial charge in [0.1, 0.15) is 0 Å². The van der Waals surface area contributed by atoms with Crippen LogP contribution in [-0.4, -0.2) is 13.2 Å². The Balaban J connectivity index is 1.86. The molecule has 1 heteroatoms. The lowest BCUT2D eigenvalue weighted by molar-refractivity contribution is 0.181. The lowest BCUT2D eigenvalue weighted by Crippen LogP contribution is -2.10. The SMILES string of the molecule is C1=C[C@H]2COC[C@H]2CCCCCCCC1. The summed E-state index contributed by atoms with van der Waals surface area (Å²) < 4.78 is 5.60. The van der Waals surface area contributed by atoms with Gasteiger partial charge in [0, 0.05) is 5.92 Å². The summed E-state index contributed by atoms with van der Waals surface area (Å²) in [5, 5.41) is 0. The van der Waals surface area contributed by atoms with Crippen molar-refractivity contribution in [3.63, 3.8) is 0 Å². The number of ether oxygens (including phenoxy) is 1. The fraction of sp³-hybridized carbons (Fsp3) is 0.857. The van der Waals surface area contributed by atoms with Crippen LogP contribution in [0.25, 0.3) is 0 Å². The zero-order chi connectivity index (χ0) is 10.3. The zero-order valence-corrected chi connectivity index (χ0v) is 9.79. The van der Waals surface area contributed by atoms with Crippen molar-refractivity contribution in [1.82, 2.24) is 0 Å². The number of allylic oxidation sites excluding steroid dienone is 1. The van der Waals surface area contributed by atoms with Crippen LogP contribution >= 0.6 is 0 Å². The Labute approximate surface area is 93.9 Å². The minimum atomic E-state index is 0.726. The van der Waals surface area contributed by atoms with Gasteiger partial charge in [0.25, 0.3) is 0 Å². The maximum atomic E-state index is 5.60. The number of hydrogen-bond acceptors (Lipinski definition) is 1. The van der Waals surface area contributed by atoms with Crippen molar-refractivity contribution < 1.29 is 4.74 Å². The molecule has 0 radical (unpaired) electrons. The van der Waals surface area contributed by atoms with Crippen LogP contribution in [0.4, 0.5) is 0 Å². The minimum Gasteiger partial charge on any atom is -0.381 e. The molecule has 0 unspecified atom stereocenters. The van der Waals surface area contributed by atoms with Gasteiger partial charge in [-0.05, 0) is 25.2 Å². The Kier molecular flexibility index (Phi) is 4.72. The molecule has 86 valence electrons. The Morgan fingerprint density at radius 1 is 0.867 bits per heavy atom. The molecule has 0 N–H and O–H groups in total. The Morgan fingerprint density at radius 2 is 1.67 bits per heavy atom. The third-order valence-electron chi connectivity index (χ3n) is 3.83. The standard InChI is InChI=1S/C14H24O/c1-2-4-6-8-10-14-12-15-11-13(14)9-7-5-3-1/h7,9,13-14H,1-6,8,10-12H2/t13-,14+/m0/s1. The van der Waals surface area contributed by atoms with Crippen molar-refractivity contribution >= 4 is 0 Å². The highest BCUT2D eigenvalue weighted by molar-refractivity contribution is 4.94. The Bertz CT molecular complexity index is 198. The van der Waals surface area contributed by atoms with E-state index in [0.29, 0.717) is 0 Å². The van der Waals surface area contributed by atoms with Crippen LogP contribution in [0.2, 0.25) is 0 Å². The molecule has 1 heterocycles. The largest absolute Gasteiger partial charge is 0.381 e. The molecule has 1 fully saturated rings. The van der Waals surface area contributed by atoms with Gasteiger partial charge in [-0.15, -0.1) is 0 Å². The van der Waals surface area contributed by atoms with E-state index in [1.807, 2.05) is 0 Å². The predicted octanol–water partition coefficient (Wildman–Crippen LogP) is 3.94. The first-order valence-corrected chi connectivity index (χ1v) is 6.71. The van der Waals surface area contributed by atoms with Crippen molar-refractivity contribution in [1.29, 1.82) is 0 Å². The summed E-state index contributed by atoms with van der Waals surface area (Å²) in [4.78, 5) is 0. The van der Waals surface area contributed by atoms with Crippen molar-refractivity contribution in [2.75, 3.05) is 13.2 Å². The van der Waals surface area contributed by atoms with Crippen molar-refractivity contribution in [2.45, 2.75) is 51.4 Å². The number of fused-ring (bicyclic) bond motifs is 1. The number of hydrogen-bond donors (Lipinski definition) is 0. The van der Waals surface area contributed by atoms with E-state index in [9.17, 15) is 0 Å². The quantitative estimate of drug-likeness (QED) is 0.548. The fourth-order valence-corrected chi connectivity index (χ4v) is 2.77. The molecule has 0 aromatic rings. The van der Waals surface area contributed by atoms with Gasteiger partial charge in [0.2, 0.25) is 0 Å². The summed E-state index contributed by atoms with van der Waals surface area (Å²) in [5.74, 6) is 1.55. The van der Waals surface area contributed by atoms with Crippen LogP contribution in [0.3, 0.4) is 0 Å². The summed E-state index contributed by atoms with van der Waals surface area (Å²) in [7, 11) is 0.